The molecule has 5 heteroatoms. The first-order valence-electron chi connectivity index (χ1n) is 7.95. The molecular formula is C16H28N4O. The smallest absolute Gasteiger partial charge is 0.158 e. The average molecular weight is 292 g/mol. The van der Waals surface area contributed by atoms with Gasteiger partial charge in [0, 0.05) is 26.3 Å². The molecular weight excluding hydrogens is 264 g/mol. The Morgan fingerprint density at radius 1 is 1.24 bits per heavy atom. The largest absolute Gasteiger partial charge is 0.377 e. The zero-order valence-electron chi connectivity index (χ0n) is 13.6. The van der Waals surface area contributed by atoms with Gasteiger partial charge in [-0.1, -0.05) is 26.7 Å². The predicted octanol–water partition coefficient (Wildman–Crippen LogP) is 3.29. The maximum atomic E-state index is 5.15. The number of rotatable bonds is 6. The molecule has 5 nitrogen and oxygen atoms in total. The normalized spacial score (nSPS) is 22.3. The van der Waals surface area contributed by atoms with E-state index in [1.165, 1.54) is 25.7 Å². The maximum absolute atomic E-state index is 5.15. The van der Waals surface area contributed by atoms with Crippen LogP contribution in [0.25, 0.3) is 0 Å². The fourth-order valence-corrected chi connectivity index (χ4v) is 3.22. The van der Waals surface area contributed by atoms with Gasteiger partial charge in [0.15, 0.2) is 5.82 Å². The lowest BCUT2D eigenvalue weighted by Crippen LogP contribution is -2.35. The first-order valence-corrected chi connectivity index (χ1v) is 7.95. The van der Waals surface area contributed by atoms with Crippen molar-refractivity contribution in [1.82, 2.24) is 9.97 Å². The van der Waals surface area contributed by atoms with Crippen molar-refractivity contribution in [3.63, 3.8) is 0 Å². The van der Waals surface area contributed by atoms with E-state index in [1.54, 1.807) is 7.11 Å². The van der Waals surface area contributed by atoms with Gasteiger partial charge in [0.25, 0.3) is 0 Å². The Morgan fingerprint density at radius 3 is 2.62 bits per heavy atom. The standard InChI is InChI=1S/C16H28N4O/c1-11(2)12-7-5-6-8-13(12)18-15-9-14(17-3)19-16(20-15)10-21-4/h9,11-13H,5-8,10H2,1-4H3,(H2,17,18,19,20). The van der Waals surface area contributed by atoms with E-state index in [1.807, 2.05) is 13.1 Å². The van der Waals surface area contributed by atoms with Gasteiger partial charge in [0.2, 0.25) is 0 Å². The van der Waals surface area contributed by atoms with E-state index in [0.29, 0.717) is 24.4 Å². The molecule has 2 rings (SSSR count). The molecule has 21 heavy (non-hydrogen) atoms. The molecule has 0 amide bonds. The molecule has 2 atom stereocenters. The Labute approximate surface area is 127 Å². The van der Waals surface area contributed by atoms with E-state index in [9.17, 15) is 0 Å². The van der Waals surface area contributed by atoms with E-state index in [4.69, 9.17) is 4.74 Å². The Hall–Kier alpha value is -1.36. The summed E-state index contributed by atoms with van der Waals surface area (Å²) in [6.07, 6.45) is 5.18. The van der Waals surface area contributed by atoms with Crippen molar-refractivity contribution in [2.75, 3.05) is 24.8 Å². The lowest BCUT2D eigenvalue weighted by Gasteiger charge is -2.35. The van der Waals surface area contributed by atoms with Crippen LogP contribution in [0.5, 0.6) is 0 Å². The number of aromatic nitrogens is 2. The van der Waals surface area contributed by atoms with Gasteiger partial charge in [-0.3, -0.25) is 0 Å². The van der Waals surface area contributed by atoms with Gasteiger partial charge >= 0.3 is 0 Å². The highest BCUT2D eigenvalue weighted by atomic mass is 16.5. The van der Waals surface area contributed by atoms with Crippen LogP contribution < -0.4 is 10.6 Å². The molecule has 118 valence electrons. The summed E-state index contributed by atoms with van der Waals surface area (Å²) in [4.78, 5) is 8.97. The molecule has 0 bridgehead atoms. The monoisotopic (exact) mass is 292 g/mol. The van der Waals surface area contributed by atoms with Crippen LogP contribution in [-0.4, -0.2) is 30.2 Å². The molecule has 0 aliphatic heterocycles. The Bertz CT molecular complexity index is 450. The van der Waals surface area contributed by atoms with Gasteiger partial charge in [-0.2, -0.15) is 0 Å². The number of nitrogens with one attached hydrogen (secondary N) is 2. The molecule has 0 radical (unpaired) electrons. The van der Waals surface area contributed by atoms with Crippen LogP contribution in [-0.2, 0) is 11.3 Å². The summed E-state index contributed by atoms with van der Waals surface area (Å²) >= 11 is 0. The lowest BCUT2D eigenvalue weighted by molar-refractivity contribution is 0.178. The topological polar surface area (TPSA) is 59.1 Å². The minimum Gasteiger partial charge on any atom is -0.377 e. The number of nitrogens with zero attached hydrogens (tertiary/aromatic N) is 2. The molecule has 0 saturated heterocycles. The molecule has 1 heterocycles. The Balaban J connectivity index is 2.14. The van der Waals surface area contributed by atoms with Crippen molar-refractivity contribution >= 4 is 11.6 Å². The molecule has 1 aromatic rings. The van der Waals surface area contributed by atoms with E-state index < -0.39 is 0 Å². The number of ether oxygens (including phenoxy) is 1. The molecule has 0 spiro atoms. The number of hydrogen-bond donors (Lipinski definition) is 2. The number of hydrogen-bond acceptors (Lipinski definition) is 5. The molecule has 1 saturated carbocycles. The van der Waals surface area contributed by atoms with Crippen LogP contribution in [0.3, 0.4) is 0 Å². The second kappa shape index (κ2) is 7.59. The van der Waals surface area contributed by atoms with Crippen molar-refractivity contribution in [1.29, 1.82) is 0 Å². The van der Waals surface area contributed by atoms with Crippen molar-refractivity contribution in [2.24, 2.45) is 11.8 Å². The SMILES string of the molecule is CNc1cc(NC2CCCCC2C(C)C)nc(COC)n1. The van der Waals surface area contributed by atoms with Crippen molar-refractivity contribution in [3.8, 4) is 0 Å². The van der Waals surface area contributed by atoms with E-state index >= 15 is 0 Å². The minimum atomic E-state index is 0.433. The zero-order valence-corrected chi connectivity index (χ0v) is 13.6. The van der Waals surface area contributed by atoms with Gasteiger partial charge in [0.1, 0.15) is 18.2 Å². The van der Waals surface area contributed by atoms with Crippen molar-refractivity contribution in [3.05, 3.63) is 11.9 Å². The highest BCUT2D eigenvalue weighted by Crippen LogP contribution is 2.32. The Morgan fingerprint density at radius 2 is 1.95 bits per heavy atom. The van der Waals surface area contributed by atoms with Gasteiger partial charge < -0.3 is 15.4 Å². The fourth-order valence-electron chi connectivity index (χ4n) is 3.22. The maximum Gasteiger partial charge on any atom is 0.158 e. The first kappa shape index (κ1) is 16.0. The minimum absolute atomic E-state index is 0.433. The van der Waals surface area contributed by atoms with Crippen LogP contribution in [0.15, 0.2) is 6.07 Å². The summed E-state index contributed by atoms with van der Waals surface area (Å²) in [5.74, 6) is 3.86. The third-order valence-electron chi connectivity index (χ3n) is 4.31. The molecule has 1 aliphatic rings. The van der Waals surface area contributed by atoms with E-state index in [-0.39, 0.29) is 0 Å². The van der Waals surface area contributed by atoms with Crippen LogP contribution in [0.4, 0.5) is 11.6 Å². The van der Waals surface area contributed by atoms with Crippen LogP contribution in [0.2, 0.25) is 0 Å². The van der Waals surface area contributed by atoms with Crippen molar-refractivity contribution in [2.45, 2.75) is 52.2 Å². The van der Waals surface area contributed by atoms with Gasteiger partial charge in [-0.25, -0.2) is 9.97 Å². The summed E-state index contributed by atoms with van der Waals surface area (Å²) < 4.78 is 5.15. The molecule has 0 aromatic carbocycles. The fraction of sp³-hybridized carbons (Fsp3) is 0.750. The molecule has 1 fully saturated rings. The summed E-state index contributed by atoms with van der Waals surface area (Å²) in [5, 5.41) is 6.73. The van der Waals surface area contributed by atoms with Crippen LogP contribution in [0, 0.1) is 11.8 Å². The quantitative estimate of drug-likeness (QED) is 0.842. The van der Waals surface area contributed by atoms with Crippen LogP contribution in [0.1, 0.15) is 45.4 Å². The van der Waals surface area contributed by atoms with Gasteiger partial charge in [-0.05, 0) is 24.7 Å². The zero-order chi connectivity index (χ0) is 15.2. The third kappa shape index (κ3) is 4.30. The molecule has 1 aliphatic carbocycles. The predicted molar refractivity (Wildman–Crippen MR) is 86.5 cm³/mol. The van der Waals surface area contributed by atoms with E-state index in [2.05, 4.69) is 34.4 Å². The summed E-state index contributed by atoms with van der Waals surface area (Å²) in [6, 6.07) is 2.49. The second-order valence-electron chi connectivity index (χ2n) is 6.18. The second-order valence-corrected chi connectivity index (χ2v) is 6.18. The summed E-state index contributed by atoms with van der Waals surface area (Å²) in [7, 11) is 3.54. The van der Waals surface area contributed by atoms with E-state index in [0.717, 1.165) is 17.6 Å². The highest BCUT2D eigenvalue weighted by molar-refractivity contribution is 5.47. The highest BCUT2D eigenvalue weighted by Gasteiger charge is 2.27. The molecule has 1 aromatic heterocycles. The van der Waals surface area contributed by atoms with Crippen molar-refractivity contribution < 1.29 is 4.74 Å². The summed E-state index contributed by atoms with van der Waals surface area (Å²) in [6.45, 7) is 5.07. The Kier molecular flexibility index (Phi) is 5.79. The molecule has 2 unspecified atom stereocenters. The van der Waals surface area contributed by atoms with Gasteiger partial charge in [0.05, 0.1) is 0 Å². The molecule has 2 N–H and O–H groups in total. The third-order valence-corrected chi connectivity index (χ3v) is 4.31. The number of anilines is 2. The first-order chi connectivity index (χ1) is 10.1. The lowest BCUT2D eigenvalue weighted by atomic mass is 9.78. The average Bonchev–Trinajstić information content (AvgIpc) is 2.47. The summed E-state index contributed by atoms with van der Waals surface area (Å²) in [5.41, 5.74) is 0. The van der Waals surface area contributed by atoms with Crippen LogP contribution >= 0.6 is 0 Å². The van der Waals surface area contributed by atoms with Gasteiger partial charge in [-0.15, -0.1) is 0 Å². The number of methoxy groups -OCH3 is 1.